The highest BCUT2D eigenvalue weighted by atomic mass is 32.2. The zero-order valence-corrected chi connectivity index (χ0v) is 13.1. The fraction of sp³-hybridized carbons (Fsp3) is 0.0714. The van der Waals surface area contributed by atoms with Gasteiger partial charge in [0.15, 0.2) is 0 Å². The number of hydrogen-bond acceptors (Lipinski definition) is 6. The van der Waals surface area contributed by atoms with Crippen molar-refractivity contribution in [3.63, 3.8) is 0 Å². The quantitative estimate of drug-likeness (QED) is 0.735. The van der Waals surface area contributed by atoms with Crippen LogP contribution in [0.3, 0.4) is 0 Å². The number of benzene rings is 2. The Morgan fingerprint density at radius 1 is 1.18 bits per heavy atom. The van der Waals surface area contributed by atoms with Gasteiger partial charge in [-0.2, -0.15) is 0 Å². The molecule has 0 radical (unpaired) electrons. The molecule has 3 aromatic rings. The van der Waals surface area contributed by atoms with Gasteiger partial charge in [-0.15, -0.1) is 16.2 Å². The molecule has 3 rings (SSSR count). The Bertz CT molecular complexity index is 964. The van der Waals surface area contributed by atoms with Gasteiger partial charge in [-0.25, -0.2) is 13.4 Å². The second-order valence-corrected chi connectivity index (χ2v) is 7.47. The first-order valence-corrected chi connectivity index (χ1v) is 8.62. The predicted molar refractivity (Wildman–Crippen MR) is 87.1 cm³/mol. The van der Waals surface area contributed by atoms with Crippen molar-refractivity contribution < 1.29 is 8.42 Å². The molecule has 0 bridgehead atoms. The van der Waals surface area contributed by atoms with Crippen LogP contribution in [0, 0.1) is 11.8 Å². The van der Waals surface area contributed by atoms with E-state index in [9.17, 15) is 13.3 Å². The molecule has 0 unspecified atom stereocenters. The molecule has 0 fully saturated rings. The Labute approximate surface area is 130 Å². The van der Waals surface area contributed by atoms with Crippen LogP contribution >= 0.6 is 11.3 Å². The lowest BCUT2D eigenvalue weighted by Gasteiger charge is -2.08. The molecule has 0 aliphatic carbocycles. The minimum Gasteiger partial charge on any atom is -0.279 e. The van der Waals surface area contributed by atoms with Gasteiger partial charge in [0, 0.05) is 0 Å². The minimum absolute atomic E-state index is 0.124. The van der Waals surface area contributed by atoms with E-state index in [1.807, 2.05) is 13.0 Å². The summed E-state index contributed by atoms with van der Waals surface area (Å²) in [5, 5.41) is 3.66. The number of fused-ring (bicyclic) bond motifs is 1. The summed E-state index contributed by atoms with van der Waals surface area (Å²) in [6.45, 7) is 1.89. The Kier molecular flexibility index (Phi) is 3.63. The van der Waals surface area contributed by atoms with Crippen LogP contribution in [0.15, 0.2) is 52.5 Å². The van der Waals surface area contributed by atoms with Crippen molar-refractivity contribution in [1.82, 2.24) is 4.98 Å². The number of rotatable bonds is 4. The summed E-state index contributed by atoms with van der Waals surface area (Å²) in [6, 6.07) is 10.9. The van der Waals surface area contributed by atoms with Crippen LogP contribution in [0.2, 0.25) is 0 Å². The Balaban J connectivity index is 2.00. The zero-order chi connectivity index (χ0) is 15.7. The van der Waals surface area contributed by atoms with Gasteiger partial charge in [0.25, 0.3) is 10.0 Å². The zero-order valence-electron chi connectivity index (χ0n) is 11.5. The molecular weight excluding hydrogens is 322 g/mol. The second-order valence-electron chi connectivity index (χ2n) is 4.58. The van der Waals surface area contributed by atoms with Crippen LogP contribution < -0.4 is 4.72 Å². The molecule has 0 amide bonds. The molecular formula is C14H11N3O3S2. The van der Waals surface area contributed by atoms with Gasteiger partial charge in [0.1, 0.15) is 10.6 Å². The van der Waals surface area contributed by atoms with Crippen molar-refractivity contribution in [2.24, 2.45) is 5.18 Å². The Morgan fingerprint density at radius 3 is 2.73 bits per heavy atom. The van der Waals surface area contributed by atoms with Gasteiger partial charge < -0.3 is 0 Å². The van der Waals surface area contributed by atoms with Crippen molar-refractivity contribution in [1.29, 1.82) is 0 Å². The average Bonchev–Trinajstić information content (AvgIpc) is 2.86. The fourth-order valence-corrected chi connectivity index (χ4v) is 4.07. The number of sulfonamides is 1. The van der Waals surface area contributed by atoms with Crippen LogP contribution in [0.25, 0.3) is 10.2 Å². The lowest BCUT2D eigenvalue weighted by molar-refractivity contribution is 0.601. The van der Waals surface area contributed by atoms with Crippen LogP contribution in [0.1, 0.15) is 5.01 Å². The largest absolute Gasteiger partial charge is 0.279 e. The summed E-state index contributed by atoms with van der Waals surface area (Å²) < 4.78 is 28.2. The highest BCUT2D eigenvalue weighted by Crippen LogP contribution is 2.28. The summed E-state index contributed by atoms with van der Waals surface area (Å²) >= 11 is 1.54. The topological polar surface area (TPSA) is 88.5 Å². The Morgan fingerprint density at radius 2 is 1.95 bits per heavy atom. The average molecular weight is 333 g/mol. The van der Waals surface area contributed by atoms with Gasteiger partial charge in [0.05, 0.1) is 20.9 Å². The molecule has 1 heterocycles. The van der Waals surface area contributed by atoms with Crippen molar-refractivity contribution in [3.05, 3.63) is 52.4 Å². The monoisotopic (exact) mass is 333 g/mol. The molecule has 0 atom stereocenters. The predicted octanol–water partition coefficient (Wildman–Crippen LogP) is 3.80. The number of anilines is 1. The first-order chi connectivity index (χ1) is 10.5. The molecule has 22 heavy (non-hydrogen) atoms. The number of hydrogen-bond donors (Lipinski definition) is 1. The van der Waals surface area contributed by atoms with Crippen LogP contribution in [0.5, 0.6) is 0 Å². The number of thiazole rings is 1. The van der Waals surface area contributed by atoms with E-state index in [1.165, 1.54) is 29.5 Å². The SMILES string of the molecule is Cc1nc2cc(NS(=O)(=O)c3ccccc3N=O)ccc2s1. The molecule has 0 saturated heterocycles. The highest BCUT2D eigenvalue weighted by Gasteiger charge is 2.19. The van der Waals surface area contributed by atoms with Gasteiger partial charge in [-0.05, 0) is 42.4 Å². The summed E-state index contributed by atoms with van der Waals surface area (Å²) in [6.07, 6.45) is 0. The molecule has 2 aromatic carbocycles. The third kappa shape index (κ3) is 2.70. The van der Waals surface area contributed by atoms with Crippen molar-refractivity contribution in [2.45, 2.75) is 11.8 Å². The van der Waals surface area contributed by atoms with Gasteiger partial charge >= 0.3 is 0 Å². The highest BCUT2D eigenvalue weighted by molar-refractivity contribution is 7.92. The summed E-state index contributed by atoms with van der Waals surface area (Å²) in [5.74, 6) is 0. The fourth-order valence-electron chi connectivity index (χ4n) is 2.08. The van der Waals surface area contributed by atoms with Crippen LogP contribution in [0.4, 0.5) is 11.4 Å². The van der Waals surface area contributed by atoms with Crippen molar-refractivity contribution in [3.8, 4) is 0 Å². The van der Waals surface area contributed by atoms with E-state index in [0.29, 0.717) is 5.69 Å². The van der Waals surface area contributed by atoms with E-state index in [-0.39, 0.29) is 10.6 Å². The lowest BCUT2D eigenvalue weighted by Crippen LogP contribution is -2.13. The van der Waals surface area contributed by atoms with E-state index < -0.39 is 10.0 Å². The van der Waals surface area contributed by atoms with Gasteiger partial charge in [0.2, 0.25) is 0 Å². The van der Waals surface area contributed by atoms with E-state index >= 15 is 0 Å². The maximum atomic E-state index is 12.4. The molecule has 6 nitrogen and oxygen atoms in total. The molecule has 112 valence electrons. The van der Waals surface area contributed by atoms with Crippen LogP contribution in [-0.2, 0) is 10.0 Å². The summed E-state index contributed by atoms with van der Waals surface area (Å²) in [4.78, 5) is 14.9. The molecule has 1 aromatic heterocycles. The Hall–Kier alpha value is -2.32. The first kappa shape index (κ1) is 14.6. The third-order valence-electron chi connectivity index (χ3n) is 3.00. The smallest absolute Gasteiger partial charge is 0.264 e. The maximum absolute atomic E-state index is 12.4. The van der Waals surface area contributed by atoms with E-state index in [4.69, 9.17) is 0 Å². The molecule has 0 spiro atoms. The molecule has 0 aliphatic heterocycles. The molecule has 1 N–H and O–H groups in total. The van der Waals surface area contributed by atoms with Gasteiger partial charge in [-0.1, -0.05) is 12.1 Å². The third-order valence-corrected chi connectivity index (χ3v) is 5.38. The number of aromatic nitrogens is 1. The number of aryl methyl sites for hydroxylation is 1. The van der Waals surface area contributed by atoms with E-state index in [1.54, 1.807) is 18.2 Å². The summed E-state index contributed by atoms with van der Waals surface area (Å²) in [5.41, 5.74) is 0.989. The first-order valence-electron chi connectivity index (χ1n) is 6.32. The molecule has 0 saturated carbocycles. The summed E-state index contributed by atoms with van der Waals surface area (Å²) in [7, 11) is -3.89. The van der Waals surface area contributed by atoms with Crippen molar-refractivity contribution in [2.75, 3.05) is 4.72 Å². The molecule has 8 heteroatoms. The van der Waals surface area contributed by atoms with Crippen molar-refractivity contribution >= 4 is 43.0 Å². The van der Waals surface area contributed by atoms with Crippen LogP contribution in [-0.4, -0.2) is 13.4 Å². The second kappa shape index (κ2) is 5.47. The number of nitrogens with zero attached hydrogens (tertiary/aromatic N) is 2. The van der Waals surface area contributed by atoms with Gasteiger partial charge in [-0.3, -0.25) is 4.72 Å². The number of nitrogens with one attached hydrogen (secondary N) is 1. The maximum Gasteiger partial charge on any atom is 0.264 e. The lowest BCUT2D eigenvalue weighted by atomic mass is 10.3. The standard InChI is InChI=1S/C14H11N3O3S2/c1-9-15-12-8-10(6-7-13(12)21-9)17-22(19,20)14-5-3-2-4-11(14)16-18/h2-8,17H,1H3. The van der Waals surface area contributed by atoms with E-state index in [2.05, 4.69) is 14.9 Å². The number of nitroso groups, excluding NO2 is 1. The normalized spacial score (nSPS) is 11.5. The minimum atomic E-state index is -3.89. The molecule has 0 aliphatic rings. The van der Waals surface area contributed by atoms with E-state index in [0.717, 1.165) is 15.2 Å².